The fourth-order valence-corrected chi connectivity index (χ4v) is 5.51. The minimum atomic E-state index is -3.73. The van der Waals surface area contributed by atoms with E-state index in [2.05, 4.69) is 15.6 Å². The van der Waals surface area contributed by atoms with E-state index in [-0.39, 0.29) is 22.6 Å². The summed E-state index contributed by atoms with van der Waals surface area (Å²) in [6.45, 7) is 0.407. The zero-order valence-electron chi connectivity index (χ0n) is 19.1. The van der Waals surface area contributed by atoms with Crippen molar-refractivity contribution in [2.24, 2.45) is 5.14 Å². The number of hydrogen-bond acceptors (Lipinski definition) is 7. The summed E-state index contributed by atoms with van der Waals surface area (Å²) in [5, 5.41) is 11.4. The second-order valence-electron chi connectivity index (χ2n) is 8.18. The molecule has 0 saturated carbocycles. The molecule has 0 bridgehead atoms. The van der Waals surface area contributed by atoms with Gasteiger partial charge in [0.05, 0.1) is 23.6 Å². The first kappa shape index (κ1) is 24.8. The summed E-state index contributed by atoms with van der Waals surface area (Å²) in [6, 6.07) is 13.1. The van der Waals surface area contributed by atoms with Crippen molar-refractivity contribution in [3.05, 3.63) is 70.2 Å². The Hall–Kier alpha value is -3.28. The molecule has 3 aromatic rings. The highest BCUT2D eigenvalue weighted by molar-refractivity contribution is 7.89. The molecule has 1 atom stereocenters. The summed E-state index contributed by atoms with van der Waals surface area (Å²) in [6.07, 6.45) is 2.94. The van der Waals surface area contributed by atoms with Gasteiger partial charge in [-0.25, -0.2) is 18.5 Å². The number of nitrogens with one attached hydrogen (secondary N) is 2. The first-order valence-electron chi connectivity index (χ1n) is 11.1. The molecule has 1 unspecified atom stereocenters. The third kappa shape index (κ3) is 6.05. The van der Waals surface area contributed by atoms with Gasteiger partial charge in [-0.05, 0) is 67.6 Å². The van der Waals surface area contributed by atoms with Crippen molar-refractivity contribution in [1.29, 1.82) is 0 Å². The second kappa shape index (κ2) is 10.5. The number of hydrogen-bond donors (Lipinski definition) is 3. The number of amides is 2. The van der Waals surface area contributed by atoms with E-state index < -0.39 is 10.0 Å². The van der Waals surface area contributed by atoms with Crippen molar-refractivity contribution in [2.45, 2.75) is 36.5 Å². The molecule has 0 aliphatic heterocycles. The zero-order valence-corrected chi connectivity index (χ0v) is 20.7. The number of rotatable bonds is 8. The van der Waals surface area contributed by atoms with Gasteiger partial charge in [-0.1, -0.05) is 12.1 Å². The molecule has 2 aromatic carbocycles. The molecule has 1 aliphatic rings. The van der Waals surface area contributed by atoms with Gasteiger partial charge < -0.3 is 10.1 Å². The van der Waals surface area contributed by atoms with Crippen LogP contribution in [0.25, 0.3) is 0 Å². The van der Waals surface area contributed by atoms with Crippen LogP contribution in [-0.2, 0) is 27.7 Å². The zero-order chi connectivity index (χ0) is 25.0. The molecule has 9 nitrogen and oxygen atoms in total. The Morgan fingerprint density at radius 1 is 1.14 bits per heavy atom. The Kier molecular flexibility index (Phi) is 7.48. The van der Waals surface area contributed by atoms with Crippen LogP contribution in [0.3, 0.4) is 0 Å². The number of thiazole rings is 1. The van der Waals surface area contributed by atoms with Gasteiger partial charge in [-0.3, -0.25) is 14.9 Å². The lowest BCUT2D eigenvalue weighted by molar-refractivity contribution is -0.122. The van der Waals surface area contributed by atoms with Gasteiger partial charge in [-0.2, -0.15) is 0 Å². The van der Waals surface area contributed by atoms with Gasteiger partial charge >= 0.3 is 0 Å². The van der Waals surface area contributed by atoms with Crippen molar-refractivity contribution in [3.8, 4) is 5.75 Å². The van der Waals surface area contributed by atoms with E-state index >= 15 is 0 Å². The third-order valence-corrected chi connectivity index (χ3v) is 7.78. The highest BCUT2D eigenvalue weighted by atomic mass is 32.2. The minimum Gasteiger partial charge on any atom is -0.497 e. The third-order valence-electron chi connectivity index (χ3n) is 5.81. The average Bonchev–Trinajstić information content (AvgIpc) is 3.26. The van der Waals surface area contributed by atoms with Crippen LogP contribution in [0.4, 0.5) is 5.13 Å². The molecule has 0 spiro atoms. The summed E-state index contributed by atoms with van der Waals surface area (Å²) in [7, 11) is -2.16. The molecule has 35 heavy (non-hydrogen) atoms. The number of primary sulfonamides is 1. The number of nitrogens with two attached hydrogens (primary N) is 1. The fourth-order valence-electron chi connectivity index (χ4n) is 3.94. The summed E-state index contributed by atoms with van der Waals surface area (Å²) in [4.78, 5) is 31.1. The lowest BCUT2D eigenvalue weighted by Gasteiger charge is -2.20. The molecule has 0 saturated heterocycles. The first-order valence-corrected chi connectivity index (χ1v) is 13.5. The van der Waals surface area contributed by atoms with Crippen molar-refractivity contribution >= 4 is 38.3 Å². The number of carbonyl (C=O) groups is 2. The van der Waals surface area contributed by atoms with Crippen LogP contribution in [0.15, 0.2) is 53.4 Å². The van der Waals surface area contributed by atoms with E-state index in [1.54, 1.807) is 43.5 Å². The molecule has 11 heteroatoms. The summed E-state index contributed by atoms with van der Waals surface area (Å²) < 4.78 is 27.9. The van der Waals surface area contributed by atoms with Crippen LogP contribution >= 0.6 is 11.3 Å². The van der Waals surface area contributed by atoms with Crippen molar-refractivity contribution in [3.63, 3.8) is 0 Å². The van der Waals surface area contributed by atoms with Crippen LogP contribution in [-0.4, -0.2) is 38.9 Å². The smallest absolute Gasteiger partial charge is 0.257 e. The van der Waals surface area contributed by atoms with E-state index in [4.69, 9.17) is 9.88 Å². The minimum absolute atomic E-state index is 0.0541. The molecule has 0 fully saturated rings. The maximum atomic E-state index is 12.9. The Labute approximate surface area is 207 Å². The Balaban J connectivity index is 1.36. The second-order valence-corrected chi connectivity index (χ2v) is 10.8. The molecule has 4 N–H and O–H groups in total. The van der Waals surface area contributed by atoms with Gasteiger partial charge in [0.15, 0.2) is 5.13 Å². The number of ether oxygens (including phenoxy) is 1. The molecule has 2 amide bonds. The summed E-state index contributed by atoms with van der Waals surface area (Å²) in [5.41, 5.74) is 2.10. The molecule has 1 heterocycles. The fraction of sp³-hybridized carbons (Fsp3) is 0.292. The van der Waals surface area contributed by atoms with Crippen LogP contribution in [0.2, 0.25) is 0 Å². The normalized spacial score (nSPS) is 15.2. The summed E-state index contributed by atoms with van der Waals surface area (Å²) >= 11 is 1.40. The quantitative estimate of drug-likeness (QED) is 0.422. The van der Waals surface area contributed by atoms with Gasteiger partial charge in [0.1, 0.15) is 5.75 Å². The monoisotopic (exact) mass is 514 g/mol. The van der Waals surface area contributed by atoms with Crippen molar-refractivity contribution in [1.82, 2.24) is 10.3 Å². The molecule has 1 aromatic heterocycles. The van der Waals surface area contributed by atoms with Crippen LogP contribution < -0.4 is 20.5 Å². The average molecular weight is 515 g/mol. The van der Waals surface area contributed by atoms with Crippen LogP contribution in [0.1, 0.15) is 45.3 Å². The number of sulfonamides is 1. The lowest BCUT2D eigenvalue weighted by Crippen LogP contribution is -2.32. The van der Waals surface area contributed by atoms with E-state index in [1.165, 1.54) is 23.5 Å². The number of anilines is 1. The van der Waals surface area contributed by atoms with E-state index in [0.29, 0.717) is 35.8 Å². The van der Waals surface area contributed by atoms with Crippen molar-refractivity contribution in [2.75, 3.05) is 19.0 Å². The Morgan fingerprint density at radius 3 is 2.51 bits per heavy atom. The van der Waals surface area contributed by atoms with Gasteiger partial charge in [0.2, 0.25) is 15.9 Å². The summed E-state index contributed by atoms with van der Waals surface area (Å²) in [5.74, 6) is -0.0781. The van der Waals surface area contributed by atoms with Gasteiger partial charge in [-0.15, -0.1) is 11.3 Å². The van der Waals surface area contributed by atoms with Gasteiger partial charge in [0.25, 0.3) is 5.91 Å². The Bertz CT molecular complexity index is 1320. The highest BCUT2D eigenvalue weighted by Gasteiger charge is 2.30. The molecular weight excluding hydrogens is 488 g/mol. The molecular formula is C24H26N4O5S2. The van der Waals surface area contributed by atoms with E-state index in [1.807, 2.05) is 0 Å². The SMILES string of the molecule is COc1ccc(C(=O)Nc2nc3c(s2)CCCC3C(=O)NCCc2ccc(S(N)(=O)=O)cc2)cc1. The lowest BCUT2D eigenvalue weighted by atomic mass is 9.90. The van der Waals surface area contributed by atoms with Crippen LogP contribution in [0.5, 0.6) is 5.75 Å². The molecule has 4 rings (SSSR count). The van der Waals surface area contributed by atoms with Crippen LogP contribution in [0, 0.1) is 0 Å². The standard InChI is InChI=1S/C24H26N4O5S2/c1-33-17-9-7-16(8-10-17)22(29)28-24-27-21-19(3-2-4-20(21)34-24)23(30)26-14-13-15-5-11-18(12-6-15)35(25,31)32/h5-12,19H,2-4,13-14H2,1H3,(H,26,30)(H2,25,31,32)(H,27,28,29). The number of aromatic nitrogens is 1. The van der Waals surface area contributed by atoms with Gasteiger partial charge in [0, 0.05) is 17.0 Å². The Morgan fingerprint density at radius 2 is 1.86 bits per heavy atom. The van der Waals surface area contributed by atoms with E-state index in [9.17, 15) is 18.0 Å². The number of benzene rings is 2. The molecule has 0 radical (unpaired) electrons. The number of aryl methyl sites for hydroxylation is 1. The maximum Gasteiger partial charge on any atom is 0.257 e. The van der Waals surface area contributed by atoms with Crippen molar-refractivity contribution < 1.29 is 22.7 Å². The maximum absolute atomic E-state index is 12.9. The largest absolute Gasteiger partial charge is 0.497 e. The number of fused-ring (bicyclic) bond motifs is 1. The predicted molar refractivity (Wildman–Crippen MR) is 133 cm³/mol. The molecule has 1 aliphatic carbocycles. The highest BCUT2D eigenvalue weighted by Crippen LogP contribution is 2.37. The number of methoxy groups -OCH3 is 1. The number of nitrogens with zero attached hydrogens (tertiary/aromatic N) is 1. The first-order chi connectivity index (χ1) is 16.7. The number of carbonyl (C=O) groups excluding carboxylic acids is 2. The molecule has 184 valence electrons. The topological polar surface area (TPSA) is 140 Å². The van der Waals surface area contributed by atoms with E-state index in [0.717, 1.165) is 29.0 Å². The predicted octanol–water partition coefficient (Wildman–Crippen LogP) is 2.83.